The molecule has 1 aromatic heterocycles. The van der Waals surface area contributed by atoms with Crippen LogP contribution in [-0.2, 0) is 14.3 Å². The van der Waals surface area contributed by atoms with Crippen molar-refractivity contribution in [2.24, 2.45) is 5.92 Å². The summed E-state index contributed by atoms with van der Waals surface area (Å²) >= 11 is 0. The second-order valence-electron chi connectivity index (χ2n) is 6.94. The zero-order chi connectivity index (χ0) is 21.7. The lowest BCUT2D eigenvalue weighted by atomic mass is 9.96. The van der Waals surface area contributed by atoms with E-state index in [-0.39, 0.29) is 35.8 Å². The average Bonchev–Trinajstić information content (AvgIpc) is 3.15. The zero-order valence-corrected chi connectivity index (χ0v) is 17.2. The molecule has 1 amide bonds. The third kappa shape index (κ3) is 4.45. The summed E-state index contributed by atoms with van der Waals surface area (Å²) in [4.78, 5) is 38.3. The number of amides is 1. The molecule has 1 aliphatic heterocycles. The number of esters is 2. The molecule has 1 saturated heterocycles. The molecule has 0 spiro atoms. The summed E-state index contributed by atoms with van der Waals surface area (Å²) in [6.07, 6.45) is 2.56. The van der Waals surface area contributed by atoms with E-state index in [2.05, 4.69) is 5.10 Å². The molecule has 0 atom stereocenters. The van der Waals surface area contributed by atoms with Gasteiger partial charge in [0.25, 0.3) is 5.91 Å². The van der Waals surface area contributed by atoms with E-state index in [1.807, 2.05) is 0 Å². The van der Waals surface area contributed by atoms with E-state index < -0.39 is 5.97 Å². The predicted molar refractivity (Wildman–Crippen MR) is 109 cm³/mol. The van der Waals surface area contributed by atoms with Crippen LogP contribution >= 0.6 is 0 Å². The molecule has 0 unspecified atom stereocenters. The van der Waals surface area contributed by atoms with Crippen molar-refractivity contribution in [1.29, 1.82) is 0 Å². The van der Waals surface area contributed by atoms with Crippen LogP contribution in [0.15, 0.2) is 30.5 Å². The number of nitrogens with two attached hydrogens (primary N) is 1. The summed E-state index contributed by atoms with van der Waals surface area (Å²) in [7, 11) is 0. The Morgan fingerprint density at radius 2 is 1.70 bits per heavy atom. The second-order valence-corrected chi connectivity index (χ2v) is 6.94. The minimum atomic E-state index is -0.528. The SMILES string of the molecule is CCOC(=O)c1cnn(-c2ccc(C(=O)N3CCC(C(=O)OCC)CC3)cc2)c1N. The van der Waals surface area contributed by atoms with Crippen LogP contribution in [0.4, 0.5) is 5.82 Å². The van der Waals surface area contributed by atoms with Gasteiger partial charge in [-0.2, -0.15) is 5.10 Å². The molecule has 0 saturated carbocycles. The molecule has 1 aromatic carbocycles. The van der Waals surface area contributed by atoms with Crippen LogP contribution in [-0.4, -0.2) is 58.8 Å². The number of carbonyl (C=O) groups excluding carboxylic acids is 3. The zero-order valence-electron chi connectivity index (χ0n) is 17.2. The van der Waals surface area contributed by atoms with Gasteiger partial charge in [0.2, 0.25) is 0 Å². The Balaban J connectivity index is 1.66. The Hall–Kier alpha value is -3.36. The Morgan fingerprint density at radius 1 is 1.07 bits per heavy atom. The van der Waals surface area contributed by atoms with Crippen LogP contribution in [0.2, 0.25) is 0 Å². The van der Waals surface area contributed by atoms with Gasteiger partial charge >= 0.3 is 11.9 Å². The fourth-order valence-corrected chi connectivity index (χ4v) is 3.44. The summed E-state index contributed by atoms with van der Waals surface area (Å²) in [5.41, 5.74) is 7.38. The van der Waals surface area contributed by atoms with Crippen LogP contribution in [0, 0.1) is 5.92 Å². The number of anilines is 1. The maximum atomic E-state index is 12.8. The third-order valence-corrected chi connectivity index (χ3v) is 5.06. The maximum Gasteiger partial charge on any atom is 0.343 e. The highest BCUT2D eigenvalue weighted by atomic mass is 16.5. The molecule has 1 aliphatic rings. The Labute approximate surface area is 174 Å². The van der Waals surface area contributed by atoms with Gasteiger partial charge in [-0.1, -0.05) is 0 Å². The minimum Gasteiger partial charge on any atom is -0.466 e. The summed E-state index contributed by atoms with van der Waals surface area (Å²) < 4.78 is 11.4. The fourth-order valence-electron chi connectivity index (χ4n) is 3.44. The number of nitrogens with zero attached hydrogens (tertiary/aromatic N) is 3. The molecule has 160 valence electrons. The molecular formula is C21H26N4O5. The molecule has 0 radical (unpaired) electrons. The van der Waals surface area contributed by atoms with Gasteiger partial charge in [-0.05, 0) is 51.0 Å². The fraction of sp³-hybridized carbons (Fsp3) is 0.429. The van der Waals surface area contributed by atoms with E-state index in [0.717, 1.165) is 0 Å². The second kappa shape index (κ2) is 9.43. The Kier molecular flexibility index (Phi) is 6.71. The first-order valence-electron chi connectivity index (χ1n) is 10.0. The molecule has 0 aliphatic carbocycles. The molecule has 2 heterocycles. The Bertz CT molecular complexity index is 914. The van der Waals surface area contributed by atoms with Crippen LogP contribution in [0.5, 0.6) is 0 Å². The molecule has 2 aromatic rings. The lowest BCUT2D eigenvalue weighted by Crippen LogP contribution is -2.40. The average molecular weight is 414 g/mol. The minimum absolute atomic E-state index is 0.0930. The molecule has 2 N–H and O–H groups in total. The molecule has 0 bridgehead atoms. The van der Waals surface area contributed by atoms with Crippen molar-refractivity contribution >= 4 is 23.7 Å². The van der Waals surface area contributed by atoms with E-state index in [1.54, 1.807) is 43.0 Å². The van der Waals surface area contributed by atoms with Gasteiger partial charge in [-0.3, -0.25) is 9.59 Å². The van der Waals surface area contributed by atoms with Crippen molar-refractivity contribution in [3.05, 3.63) is 41.6 Å². The number of hydrogen-bond donors (Lipinski definition) is 1. The number of aromatic nitrogens is 2. The predicted octanol–water partition coefficient (Wildman–Crippen LogP) is 2.05. The van der Waals surface area contributed by atoms with E-state index in [1.165, 1.54) is 10.9 Å². The van der Waals surface area contributed by atoms with Crippen molar-refractivity contribution in [1.82, 2.24) is 14.7 Å². The number of carbonyl (C=O) groups is 3. The van der Waals surface area contributed by atoms with Gasteiger partial charge in [0, 0.05) is 18.7 Å². The van der Waals surface area contributed by atoms with E-state index in [9.17, 15) is 14.4 Å². The first-order chi connectivity index (χ1) is 14.5. The number of likely N-dealkylation sites (tertiary alicyclic amines) is 1. The van der Waals surface area contributed by atoms with Crippen molar-refractivity contribution in [3.8, 4) is 5.69 Å². The highest BCUT2D eigenvalue weighted by Gasteiger charge is 2.28. The van der Waals surface area contributed by atoms with Crippen LogP contribution in [0.1, 0.15) is 47.4 Å². The third-order valence-electron chi connectivity index (χ3n) is 5.06. The summed E-state index contributed by atoms with van der Waals surface area (Å²) in [6.45, 7) is 5.14. The van der Waals surface area contributed by atoms with Crippen LogP contribution < -0.4 is 5.73 Å². The number of benzene rings is 1. The normalized spacial score (nSPS) is 14.4. The standard InChI is InChI=1S/C21H26N4O5/c1-3-29-20(27)15-9-11-24(12-10-15)19(26)14-5-7-16(8-6-14)25-18(22)17(13-23-25)21(28)30-4-2/h5-8,13,15H,3-4,9-12,22H2,1-2H3. The molecule has 9 nitrogen and oxygen atoms in total. The van der Waals surface area contributed by atoms with Gasteiger partial charge in [-0.15, -0.1) is 0 Å². The first kappa shape index (κ1) is 21.4. The van der Waals surface area contributed by atoms with Gasteiger partial charge in [-0.25, -0.2) is 9.48 Å². The lowest BCUT2D eigenvalue weighted by molar-refractivity contribution is -0.149. The van der Waals surface area contributed by atoms with E-state index >= 15 is 0 Å². The largest absolute Gasteiger partial charge is 0.466 e. The highest BCUT2D eigenvalue weighted by Crippen LogP contribution is 2.22. The number of hydrogen-bond acceptors (Lipinski definition) is 7. The monoisotopic (exact) mass is 414 g/mol. The van der Waals surface area contributed by atoms with Gasteiger partial charge in [0.15, 0.2) is 0 Å². The van der Waals surface area contributed by atoms with E-state index in [4.69, 9.17) is 15.2 Å². The first-order valence-corrected chi connectivity index (χ1v) is 10.0. The summed E-state index contributed by atoms with van der Waals surface area (Å²) in [6, 6.07) is 6.83. The maximum absolute atomic E-state index is 12.8. The quantitative estimate of drug-likeness (QED) is 0.719. The van der Waals surface area contributed by atoms with Crippen molar-refractivity contribution in [2.45, 2.75) is 26.7 Å². The van der Waals surface area contributed by atoms with Crippen LogP contribution in [0.3, 0.4) is 0 Å². The smallest absolute Gasteiger partial charge is 0.343 e. The summed E-state index contributed by atoms with van der Waals surface area (Å²) in [5.74, 6) is -0.780. The van der Waals surface area contributed by atoms with Gasteiger partial charge in [0.1, 0.15) is 11.4 Å². The number of ether oxygens (including phenoxy) is 2. The highest BCUT2D eigenvalue weighted by molar-refractivity contribution is 5.95. The number of piperidine rings is 1. The molecule has 30 heavy (non-hydrogen) atoms. The Morgan fingerprint density at radius 3 is 2.30 bits per heavy atom. The molecule has 9 heteroatoms. The van der Waals surface area contributed by atoms with Gasteiger partial charge in [0.05, 0.1) is 31.0 Å². The summed E-state index contributed by atoms with van der Waals surface area (Å²) in [5, 5.41) is 4.15. The van der Waals surface area contributed by atoms with E-state index in [0.29, 0.717) is 43.8 Å². The topological polar surface area (TPSA) is 117 Å². The number of rotatable bonds is 6. The van der Waals surface area contributed by atoms with Crippen LogP contribution in [0.25, 0.3) is 5.69 Å². The number of nitrogen functional groups attached to an aromatic ring is 1. The molecule has 1 fully saturated rings. The lowest BCUT2D eigenvalue weighted by Gasteiger charge is -2.31. The van der Waals surface area contributed by atoms with Crippen molar-refractivity contribution < 1.29 is 23.9 Å². The van der Waals surface area contributed by atoms with Gasteiger partial charge < -0.3 is 20.1 Å². The van der Waals surface area contributed by atoms with Crippen molar-refractivity contribution in [2.75, 3.05) is 32.0 Å². The van der Waals surface area contributed by atoms with Crippen molar-refractivity contribution in [3.63, 3.8) is 0 Å². The molecule has 3 rings (SSSR count). The molecular weight excluding hydrogens is 388 g/mol.